The highest BCUT2D eigenvalue weighted by atomic mass is 16.3. The van der Waals surface area contributed by atoms with Crippen molar-refractivity contribution >= 4 is 0 Å². The molecule has 1 aromatic carbocycles. The maximum absolute atomic E-state index is 10.1. The van der Waals surface area contributed by atoms with Gasteiger partial charge in [-0.1, -0.05) is 44.2 Å². The van der Waals surface area contributed by atoms with Gasteiger partial charge in [-0.25, -0.2) is 0 Å². The lowest BCUT2D eigenvalue weighted by Gasteiger charge is -2.26. The summed E-state index contributed by atoms with van der Waals surface area (Å²) < 4.78 is 0. The fourth-order valence-corrected chi connectivity index (χ4v) is 1.85. The lowest BCUT2D eigenvalue weighted by molar-refractivity contribution is 0.00834. The molecule has 0 fully saturated rings. The van der Waals surface area contributed by atoms with E-state index in [1.54, 1.807) is 0 Å². The topological polar surface area (TPSA) is 40.5 Å². The molecule has 0 bridgehead atoms. The highest BCUT2D eigenvalue weighted by Crippen LogP contribution is 2.26. The number of hydrogen-bond acceptors (Lipinski definition) is 2. The first-order valence-electron chi connectivity index (χ1n) is 6.06. The van der Waals surface area contributed by atoms with E-state index in [0.717, 1.165) is 18.4 Å². The summed E-state index contributed by atoms with van der Waals surface area (Å²) in [6.45, 7) is 3.97. The first-order chi connectivity index (χ1) is 7.61. The van der Waals surface area contributed by atoms with Crippen LogP contribution < -0.4 is 0 Å². The Labute approximate surface area is 97.9 Å². The summed E-state index contributed by atoms with van der Waals surface area (Å²) in [4.78, 5) is 0. The van der Waals surface area contributed by atoms with E-state index in [0.29, 0.717) is 12.8 Å². The molecule has 2 N–H and O–H groups in total. The van der Waals surface area contributed by atoms with Gasteiger partial charge in [0, 0.05) is 0 Å². The Morgan fingerprint density at radius 1 is 1.12 bits per heavy atom. The molecule has 1 unspecified atom stereocenters. The highest BCUT2D eigenvalue weighted by molar-refractivity contribution is 5.17. The molecular weight excluding hydrogens is 200 g/mol. The Kier molecular flexibility index (Phi) is 4.97. The Morgan fingerprint density at radius 2 is 1.69 bits per heavy atom. The van der Waals surface area contributed by atoms with Crippen LogP contribution in [0.1, 0.15) is 51.2 Å². The number of rotatable bonds is 6. The molecule has 1 aromatic rings. The average Bonchev–Trinajstić information content (AvgIpc) is 2.36. The molecule has 0 aliphatic heterocycles. The molecule has 1 rings (SSSR count). The van der Waals surface area contributed by atoms with E-state index in [-0.39, 0.29) is 0 Å². The fourth-order valence-electron chi connectivity index (χ4n) is 1.85. The van der Waals surface area contributed by atoms with Crippen LogP contribution in [0.5, 0.6) is 0 Å². The van der Waals surface area contributed by atoms with Crippen LogP contribution in [-0.2, 0) is 0 Å². The van der Waals surface area contributed by atoms with Gasteiger partial charge in [-0.2, -0.15) is 0 Å². The summed E-state index contributed by atoms with van der Waals surface area (Å²) in [6.07, 6.45) is 2.28. The molecule has 0 saturated heterocycles. The van der Waals surface area contributed by atoms with Crippen LogP contribution in [0, 0.1) is 0 Å². The van der Waals surface area contributed by atoms with Crippen molar-refractivity contribution in [2.75, 3.05) is 0 Å². The summed E-state index contributed by atoms with van der Waals surface area (Å²) in [6, 6.07) is 9.61. The zero-order valence-corrected chi connectivity index (χ0v) is 10.2. The lowest BCUT2D eigenvalue weighted by Crippen LogP contribution is -2.27. The first kappa shape index (κ1) is 13.2. The molecule has 2 nitrogen and oxygen atoms in total. The van der Waals surface area contributed by atoms with E-state index in [1.807, 2.05) is 44.2 Å². The summed E-state index contributed by atoms with van der Waals surface area (Å²) in [5.74, 6) is 0. The SMILES string of the molecule is CCC(O)(CC)CCC(O)c1ccccc1. The van der Waals surface area contributed by atoms with Gasteiger partial charge >= 0.3 is 0 Å². The third kappa shape index (κ3) is 3.62. The zero-order valence-electron chi connectivity index (χ0n) is 10.2. The summed E-state index contributed by atoms with van der Waals surface area (Å²) in [7, 11) is 0. The van der Waals surface area contributed by atoms with Gasteiger partial charge in [-0.05, 0) is 31.2 Å². The fraction of sp³-hybridized carbons (Fsp3) is 0.571. The Balaban J connectivity index is 2.50. The summed E-state index contributed by atoms with van der Waals surface area (Å²) in [5.41, 5.74) is 0.313. The Bertz CT molecular complexity index is 291. The van der Waals surface area contributed by atoms with Gasteiger partial charge in [0.25, 0.3) is 0 Å². The first-order valence-corrected chi connectivity index (χ1v) is 6.06. The number of hydrogen-bond donors (Lipinski definition) is 2. The molecule has 90 valence electrons. The lowest BCUT2D eigenvalue weighted by atomic mass is 9.89. The molecule has 2 heteroatoms. The van der Waals surface area contributed by atoms with Crippen LogP contribution in [0.25, 0.3) is 0 Å². The van der Waals surface area contributed by atoms with Gasteiger partial charge in [0.15, 0.2) is 0 Å². The normalized spacial score (nSPS) is 13.8. The molecule has 0 aliphatic rings. The third-order valence-electron chi connectivity index (χ3n) is 3.38. The van der Waals surface area contributed by atoms with Crippen LogP contribution in [0.3, 0.4) is 0 Å². The van der Waals surface area contributed by atoms with Gasteiger partial charge < -0.3 is 10.2 Å². The van der Waals surface area contributed by atoms with Crippen molar-refractivity contribution in [3.63, 3.8) is 0 Å². The smallest absolute Gasteiger partial charge is 0.0791 e. The predicted octanol–water partition coefficient (Wildman–Crippen LogP) is 3.05. The largest absolute Gasteiger partial charge is 0.390 e. The van der Waals surface area contributed by atoms with Gasteiger partial charge in [-0.3, -0.25) is 0 Å². The minimum absolute atomic E-state index is 0.467. The van der Waals surface area contributed by atoms with Gasteiger partial charge in [0.1, 0.15) is 0 Å². The van der Waals surface area contributed by atoms with Gasteiger partial charge in [0.2, 0.25) is 0 Å². The predicted molar refractivity (Wildman–Crippen MR) is 66.2 cm³/mol. The molecule has 0 aliphatic carbocycles. The number of aliphatic hydroxyl groups excluding tert-OH is 1. The highest BCUT2D eigenvalue weighted by Gasteiger charge is 2.23. The van der Waals surface area contributed by atoms with E-state index in [4.69, 9.17) is 0 Å². The van der Waals surface area contributed by atoms with Crippen molar-refractivity contribution in [1.29, 1.82) is 0 Å². The van der Waals surface area contributed by atoms with Crippen molar-refractivity contribution in [3.8, 4) is 0 Å². The van der Waals surface area contributed by atoms with Crippen LogP contribution in [0.4, 0.5) is 0 Å². The standard InChI is InChI=1S/C14H22O2/c1-3-14(16,4-2)11-10-13(15)12-8-6-5-7-9-12/h5-9,13,15-16H,3-4,10-11H2,1-2H3. The van der Waals surface area contributed by atoms with Gasteiger partial charge in [-0.15, -0.1) is 0 Å². The van der Waals surface area contributed by atoms with Gasteiger partial charge in [0.05, 0.1) is 11.7 Å². The Morgan fingerprint density at radius 3 is 2.19 bits per heavy atom. The van der Waals surface area contributed by atoms with E-state index in [1.165, 1.54) is 0 Å². The van der Waals surface area contributed by atoms with Crippen LogP contribution in [-0.4, -0.2) is 15.8 Å². The van der Waals surface area contributed by atoms with E-state index in [2.05, 4.69) is 0 Å². The maximum Gasteiger partial charge on any atom is 0.0791 e. The van der Waals surface area contributed by atoms with Crippen molar-refractivity contribution in [2.24, 2.45) is 0 Å². The Hall–Kier alpha value is -0.860. The monoisotopic (exact) mass is 222 g/mol. The van der Waals surface area contributed by atoms with E-state index >= 15 is 0 Å². The average molecular weight is 222 g/mol. The van der Waals surface area contributed by atoms with Crippen molar-refractivity contribution in [3.05, 3.63) is 35.9 Å². The van der Waals surface area contributed by atoms with Crippen molar-refractivity contribution in [2.45, 2.75) is 51.2 Å². The van der Waals surface area contributed by atoms with Crippen molar-refractivity contribution in [1.82, 2.24) is 0 Å². The molecule has 1 atom stereocenters. The number of benzene rings is 1. The summed E-state index contributed by atoms with van der Waals surface area (Å²) >= 11 is 0. The molecule has 0 spiro atoms. The molecule has 0 heterocycles. The second kappa shape index (κ2) is 6.02. The molecule has 0 saturated carbocycles. The molecule has 16 heavy (non-hydrogen) atoms. The number of aliphatic hydroxyl groups is 2. The maximum atomic E-state index is 10.1. The molecule has 0 radical (unpaired) electrons. The third-order valence-corrected chi connectivity index (χ3v) is 3.38. The molecular formula is C14H22O2. The second-order valence-corrected chi connectivity index (χ2v) is 4.40. The van der Waals surface area contributed by atoms with Crippen LogP contribution in [0.15, 0.2) is 30.3 Å². The van der Waals surface area contributed by atoms with Crippen LogP contribution >= 0.6 is 0 Å². The van der Waals surface area contributed by atoms with Crippen LogP contribution in [0.2, 0.25) is 0 Å². The van der Waals surface area contributed by atoms with E-state index in [9.17, 15) is 10.2 Å². The quantitative estimate of drug-likeness (QED) is 0.776. The minimum atomic E-state index is -0.615. The minimum Gasteiger partial charge on any atom is -0.390 e. The molecule has 0 amide bonds. The second-order valence-electron chi connectivity index (χ2n) is 4.40. The molecule has 0 aromatic heterocycles. The van der Waals surface area contributed by atoms with Crippen molar-refractivity contribution < 1.29 is 10.2 Å². The van der Waals surface area contributed by atoms with E-state index < -0.39 is 11.7 Å². The summed E-state index contributed by atoms with van der Waals surface area (Å²) in [5, 5.41) is 20.1. The zero-order chi connectivity index (χ0) is 12.0.